The molecular formula is C29H43NO. The zero-order chi connectivity index (χ0) is 22.3. The van der Waals surface area contributed by atoms with E-state index in [2.05, 4.69) is 88.0 Å². The Bertz CT molecular complexity index is 769. The highest BCUT2D eigenvalue weighted by atomic mass is 16.5. The van der Waals surface area contributed by atoms with Gasteiger partial charge in [-0.2, -0.15) is 0 Å². The van der Waals surface area contributed by atoms with E-state index in [0.29, 0.717) is 6.10 Å². The van der Waals surface area contributed by atoms with Crippen molar-refractivity contribution in [2.24, 2.45) is 5.92 Å². The monoisotopic (exact) mass is 421 g/mol. The Hall–Kier alpha value is -1.64. The number of hydrogen-bond acceptors (Lipinski definition) is 2. The van der Waals surface area contributed by atoms with E-state index in [4.69, 9.17) is 4.74 Å². The molecule has 2 aromatic rings. The van der Waals surface area contributed by atoms with Crippen molar-refractivity contribution in [3.05, 3.63) is 59.7 Å². The molecule has 3 rings (SSSR count). The van der Waals surface area contributed by atoms with Gasteiger partial charge in [0.25, 0.3) is 0 Å². The minimum Gasteiger partial charge on any atom is -0.374 e. The SMILES string of the molecule is CCCN(CCC(C)C)C(C)(C)c1ccc(-c2ccc(COC3CCCC3)cc2)cc1. The van der Waals surface area contributed by atoms with Gasteiger partial charge in [-0.15, -0.1) is 0 Å². The van der Waals surface area contributed by atoms with Crippen LogP contribution in [-0.2, 0) is 16.9 Å². The second kappa shape index (κ2) is 11.3. The summed E-state index contributed by atoms with van der Waals surface area (Å²) in [6.45, 7) is 14.7. The Balaban J connectivity index is 1.65. The summed E-state index contributed by atoms with van der Waals surface area (Å²) in [5.74, 6) is 0.740. The van der Waals surface area contributed by atoms with Crippen molar-refractivity contribution in [3.63, 3.8) is 0 Å². The average Bonchev–Trinajstić information content (AvgIpc) is 3.29. The van der Waals surface area contributed by atoms with Crippen molar-refractivity contribution in [1.82, 2.24) is 4.90 Å². The number of ether oxygens (including phenoxy) is 1. The van der Waals surface area contributed by atoms with Gasteiger partial charge in [0.15, 0.2) is 0 Å². The third-order valence-corrected chi connectivity index (χ3v) is 6.93. The molecule has 0 aromatic heterocycles. The standard InChI is InChI=1S/C29H43NO/c1-6-20-30(21-19-23(2)3)29(4,5)27-17-15-26(16-18-27)25-13-11-24(12-14-25)22-31-28-9-7-8-10-28/h11-18,23,28H,6-10,19-22H2,1-5H3. The van der Waals surface area contributed by atoms with Crippen molar-refractivity contribution in [3.8, 4) is 11.1 Å². The third-order valence-electron chi connectivity index (χ3n) is 6.93. The lowest BCUT2D eigenvalue weighted by molar-refractivity contribution is 0.0457. The summed E-state index contributed by atoms with van der Waals surface area (Å²) in [6.07, 6.45) is 8.02. The normalized spacial score (nSPS) is 15.3. The molecule has 0 aliphatic heterocycles. The molecule has 0 bridgehead atoms. The lowest BCUT2D eigenvalue weighted by Gasteiger charge is -2.39. The summed E-state index contributed by atoms with van der Waals surface area (Å²) < 4.78 is 6.06. The van der Waals surface area contributed by atoms with E-state index in [9.17, 15) is 0 Å². The maximum Gasteiger partial charge on any atom is 0.0720 e. The van der Waals surface area contributed by atoms with Crippen LogP contribution >= 0.6 is 0 Å². The molecule has 1 saturated carbocycles. The van der Waals surface area contributed by atoms with E-state index in [0.717, 1.165) is 25.6 Å². The van der Waals surface area contributed by atoms with Crippen LogP contribution in [0.1, 0.15) is 84.3 Å². The molecule has 2 heteroatoms. The van der Waals surface area contributed by atoms with Crippen LogP contribution < -0.4 is 0 Å². The van der Waals surface area contributed by atoms with Crippen molar-refractivity contribution in [1.29, 1.82) is 0 Å². The smallest absolute Gasteiger partial charge is 0.0720 e. The molecule has 0 atom stereocenters. The predicted octanol–water partition coefficient (Wildman–Crippen LogP) is 7.81. The lowest BCUT2D eigenvalue weighted by Crippen LogP contribution is -2.43. The summed E-state index contributed by atoms with van der Waals surface area (Å²) in [5, 5.41) is 0. The fourth-order valence-corrected chi connectivity index (χ4v) is 4.67. The van der Waals surface area contributed by atoms with Gasteiger partial charge < -0.3 is 4.74 Å². The zero-order valence-electron chi connectivity index (χ0n) is 20.5. The van der Waals surface area contributed by atoms with E-state index in [-0.39, 0.29) is 5.54 Å². The topological polar surface area (TPSA) is 12.5 Å². The summed E-state index contributed by atoms with van der Waals surface area (Å²) >= 11 is 0. The Morgan fingerprint density at radius 1 is 0.903 bits per heavy atom. The number of benzene rings is 2. The summed E-state index contributed by atoms with van der Waals surface area (Å²) in [5.41, 5.74) is 5.28. The van der Waals surface area contributed by atoms with Gasteiger partial charge in [-0.3, -0.25) is 4.90 Å². The largest absolute Gasteiger partial charge is 0.374 e. The summed E-state index contributed by atoms with van der Waals surface area (Å²) in [7, 11) is 0. The molecule has 0 amide bonds. The number of rotatable bonds is 11. The number of hydrogen-bond donors (Lipinski definition) is 0. The van der Waals surface area contributed by atoms with Crippen LogP contribution in [0.15, 0.2) is 48.5 Å². The highest BCUT2D eigenvalue weighted by Gasteiger charge is 2.28. The zero-order valence-corrected chi connectivity index (χ0v) is 20.5. The second-order valence-corrected chi connectivity index (χ2v) is 10.2. The Kier molecular flexibility index (Phi) is 8.75. The van der Waals surface area contributed by atoms with Gasteiger partial charge in [-0.05, 0) is 80.8 Å². The van der Waals surface area contributed by atoms with Crippen LogP contribution in [0.2, 0.25) is 0 Å². The van der Waals surface area contributed by atoms with Crippen LogP contribution in [0.5, 0.6) is 0 Å². The fourth-order valence-electron chi connectivity index (χ4n) is 4.67. The molecule has 0 N–H and O–H groups in total. The van der Waals surface area contributed by atoms with Crippen LogP contribution in [0.4, 0.5) is 0 Å². The van der Waals surface area contributed by atoms with Crippen LogP contribution in [0.25, 0.3) is 11.1 Å². The van der Waals surface area contributed by atoms with Crippen LogP contribution in [0, 0.1) is 5.92 Å². The first-order chi connectivity index (χ1) is 14.9. The van der Waals surface area contributed by atoms with Gasteiger partial charge in [-0.1, -0.05) is 82.1 Å². The minimum atomic E-state index is 0.0465. The molecule has 2 aromatic carbocycles. The van der Waals surface area contributed by atoms with Gasteiger partial charge in [0.1, 0.15) is 0 Å². The highest BCUT2D eigenvalue weighted by molar-refractivity contribution is 5.64. The maximum absolute atomic E-state index is 6.06. The Morgan fingerprint density at radius 3 is 2.03 bits per heavy atom. The van der Waals surface area contributed by atoms with Gasteiger partial charge in [0, 0.05) is 5.54 Å². The molecule has 1 aliphatic rings. The van der Waals surface area contributed by atoms with Crippen molar-refractivity contribution >= 4 is 0 Å². The Morgan fingerprint density at radius 2 is 1.48 bits per heavy atom. The van der Waals surface area contributed by atoms with Gasteiger partial charge in [-0.25, -0.2) is 0 Å². The van der Waals surface area contributed by atoms with Gasteiger partial charge in [0.2, 0.25) is 0 Å². The quantitative estimate of drug-likeness (QED) is 0.367. The van der Waals surface area contributed by atoms with Crippen molar-refractivity contribution < 1.29 is 4.74 Å². The molecule has 0 heterocycles. The van der Waals surface area contributed by atoms with E-state index < -0.39 is 0 Å². The summed E-state index contributed by atoms with van der Waals surface area (Å²) in [4.78, 5) is 2.65. The molecule has 2 nitrogen and oxygen atoms in total. The van der Waals surface area contributed by atoms with E-state index in [1.165, 1.54) is 60.8 Å². The van der Waals surface area contributed by atoms with Crippen molar-refractivity contribution in [2.45, 2.75) is 91.4 Å². The molecule has 0 unspecified atom stereocenters. The summed E-state index contributed by atoms with van der Waals surface area (Å²) in [6, 6.07) is 18.1. The molecule has 0 radical (unpaired) electrons. The Labute approximate surface area is 191 Å². The molecule has 31 heavy (non-hydrogen) atoms. The first kappa shape index (κ1) is 24.0. The maximum atomic E-state index is 6.06. The number of nitrogens with zero attached hydrogens (tertiary/aromatic N) is 1. The highest BCUT2D eigenvalue weighted by Crippen LogP contribution is 2.31. The molecule has 0 saturated heterocycles. The first-order valence-electron chi connectivity index (χ1n) is 12.5. The van der Waals surface area contributed by atoms with E-state index in [1.807, 2.05) is 0 Å². The first-order valence-corrected chi connectivity index (χ1v) is 12.5. The molecule has 1 fully saturated rings. The van der Waals surface area contributed by atoms with E-state index >= 15 is 0 Å². The fraction of sp³-hybridized carbons (Fsp3) is 0.586. The average molecular weight is 422 g/mol. The predicted molar refractivity (Wildman–Crippen MR) is 133 cm³/mol. The molecule has 170 valence electrons. The van der Waals surface area contributed by atoms with Gasteiger partial charge >= 0.3 is 0 Å². The third kappa shape index (κ3) is 6.67. The van der Waals surface area contributed by atoms with Crippen molar-refractivity contribution in [2.75, 3.05) is 13.1 Å². The van der Waals surface area contributed by atoms with Crippen LogP contribution in [-0.4, -0.2) is 24.1 Å². The molecule has 1 aliphatic carbocycles. The van der Waals surface area contributed by atoms with Crippen LogP contribution in [0.3, 0.4) is 0 Å². The molecule has 0 spiro atoms. The lowest BCUT2D eigenvalue weighted by atomic mass is 9.89. The minimum absolute atomic E-state index is 0.0465. The van der Waals surface area contributed by atoms with Gasteiger partial charge in [0.05, 0.1) is 12.7 Å². The second-order valence-electron chi connectivity index (χ2n) is 10.2. The van der Waals surface area contributed by atoms with E-state index in [1.54, 1.807) is 0 Å². The molecular weight excluding hydrogens is 378 g/mol.